The summed E-state index contributed by atoms with van der Waals surface area (Å²) in [5.41, 5.74) is 1.35. The minimum atomic E-state index is -0.0287. The highest BCUT2D eigenvalue weighted by atomic mass is 16.7. The van der Waals surface area contributed by atoms with Gasteiger partial charge in [-0.15, -0.1) is 0 Å². The quantitative estimate of drug-likeness (QED) is 0.779. The summed E-state index contributed by atoms with van der Waals surface area (Å²) in [7, 11) is 0. The van der Waals surface area contributed by atoms with Crippen LogP contribution < -0.4 is 0 Å². The van der Waals surface area contributed by atoms with Gasteiger partial charge in [0, 0.05) is 6.42 Å². The summed E-state index contributed by atoms with van der Waals surface area (Å²) in [4.78, 5) is 0. The first kappa shape index (κ1) is 11.6. The molecule has 1 fully saturated rings. The molecule has 0 N–H and O–H groups in total. The Kier molecular flexibility index (Phi) is 3.97. The third-order valence-corrected chi connectivity index (χ3v) is 2.94. The zero-order valence-corrected chi connectivity index (χ0v) is 10.1. The molecular formula is C14H20O2. The average molecular weight is 220 g/mol. The van der Waals surface area contributed by atoms with E-state index in [1.54, 1.807) is 0 Å². The van der Waals surface area contributed by atoms with Gasteiger partial charge in [0.2, 0.25) is 0 Å². The summed E-state index contributed by atoms with van der Waals surface area (Å²) >= 11 is 0. The number of benzene rings is 1. The summed E-state index contributed by atoms with van der Waals surface area (Å²) in [6.07, 6.45) is 3.58. The second-order valence-electron chi connectivity index (χ2n) is 4.58. The topological polar surface area (TPSA) is 18.5 Å². The van der Waals surface area contributed by atoms with E-state index in [0.717, 1.165) is 19.3 Å². The zero-order chi connectivity index (χ0) is 11.4. The van der Waals surface area contributed by atoms with Crippen LogP contribution in [0.1, 0.15) is 32.3 Å². The lowest BCUT2D eigenvalue weighted by Gasteiger charge is -2.32. The highest BCUT2D eigenvalue weighted by Gasteiger charge is 2.24. The highest BCUT2D eigenvalue weighted by Crippen LogP contribution is 2.21. The van der Waals surface area contributed by atoms with Crippen LogP contribution in [0.5, 0.6) is 0 Å². The van der Waals surface area contributed by atoms with Crippen molar-refractivity contribution in [1.29, 1.82) is 0 Å². The standard InChI is InChI=1S/C14H20O2/c1-11-10-12(2)16-14(15-11)9-8-13-6-4-3-5-7-13/h3-7,11-12,14H,8-10H2,1-2H3. The van der Waals surface area contributed by atoms with Crippen molar-refractivity contribution in [3.63, 3.8) is 0 Å². The average Bonchev–Trinajstić information content (AvgIpc) is 2.27. The molecule has 1 aromatic rings. The van der Waals surface area contributed by atoms with Gasteiger partial charge >= 0.3 is 0 Å². The Labute approximate surface area is 97.6 Å². The first-order valence-electron chi connectivity index (χ1n) is 6.09. The third kappa shape index (κ3) is 3.32. The van der Waals surface area contributed by atoms with Crippen LogP contribution in [0, 0.1) is 0 Å². The van der Waals surface area contributed by atoms with Gasteiger partial charge in [0.1, 0.15) is 0 Å². The van der Waals surface area contributed by atoms with Crippen molar-refractivity contribution < 1.29 is 9.47 Å². The number of aryl methyl sites for hydroxylation is 1. The van der Waals surface area contributed by atoms with Crippen LogP contribution in [0.3, 0.4) is 0 Å². The number of hydrogen-bond acceptors (Lipinski definition) is 2. The minimum Gasteiger partial charge on any atom is -0.350 e. The molecule has 16 heavy (non-hydrogen) atoms. The van der Waals surface area contributed by atoms with Crippen molar-refractivity contribution >= 4 is 0 Å². The molecule has 88 valence electrons. The Hall–Kier alpha value is -0.860. The first-order valence-corrected chi connectivity index (χ1v) is 6.09. The molecule has 0 amide bonds. The van der Waals surface area contributed by atoms with Crippen molar-refractivity contribution in [2.75, 3.05) is 0 Å². The molecule has 2 heteroatoms. The van der Waals surface area contributed by atoms with E-state index in [0.29, 0.717) is 12.2 Å². The molecule has 2 unspecified atom stereocenters. The van der Waals surface area contributed by atoms with E-state index >= 15 is 0 Å². The molecule has 2 rings (SSSR count). The second-order valence-corrected chi connectivity index (χ2v) is 4.58. The van der Waals surface area contributed by atoms with Crippen LogP contribution in [0.25, 0.3) is 0 Å². The molecule has 0 bridgehead atoms. The number of hydrogen-bond donors (Lipinski definition) is 0. The molecule has 0 saturated carbocycles. The summed E-state index contributed by atoms with van der Waals surface area (Å²) in [5, 5.41) is 0. The van der Waals surface area contributed by atoms with Crippen molar-refractivity contribution in [1.82, 2.24) is 0 Å². The van der Waals surface area contributed by atoms with Gasteiger partial charge in [0.05, 0.1) is 12.2 Å². The molecule has 1 aliphatic rings. The summed E-state index contributed by atoms with van der Waals surface area (Å²) < 4.78 is 11.5. The molecule has 1 aliphatic heterocycles. The van der Waals surface area contributed by atoms with Gasteiger partial charge in [-0.1, -0.05) is 30.3 Å². The summed E-state index contributed by atoms with van der Waals surface area (Å²) in [6, 6.07) is 10.5. The molecule has 0 radical (unpaired) electrons. The van der Waals surface area contributed by atoms with Gasteiger partial charge in [-0.25, -0.2) is 0 Å². The fourth-order valence-electron chi connectivity index (χ4n) is 2.19. The van der Waals surface area contributed by atoms with E-state index in [-0.39, 0.29) is 6.29 Å². The van der Waals surface area contributed by atoms with Crippen LogP contribution in [0.2, 0.25) is 0 Å². The molecule has 0 aromatic heterocycles. The van der Waals surface area contributed by atoms with E-state index in [1.807, 2.05) is 6.07 Å². The van der Waals surface area contributed by atoms with Gasteiger partial charge < -0.3 is 9.47 Å². The monoisotopic (exact) mass is 220 g/mol. The van der Waals surface area contributed by atoms with E-state index in [9.17, 15) is 0 Å². The summed E-state index contributed by atoms with van der Waals surface area (Å²) in [5.74, 6) is 0. The Morgan fingerprint density at radius 3 is 2.31 bits per heavy atom. The molecule has 2 nitrogen and oxygen atoms in total. The smallest absolute Gasteiger partial charge is 0.158 e. The molecule has 1 saturated heterocycles. The van der Waals surface area contributed by atoms with E-state index in [4.69, 9.17) is 9.47 Å². The molecule has 0 spiro atoms. The van der Waals surface area contributed by atoms with Crippen molar-refractivity contribution in [3.8, 4) is 0 Å². The zero-order valence-electron chi connectivity index (χ0n) is 10.1. The maximum atomic E-state index is 5.76. The van der Waals surface area contributed by atoms with Gasteiger partial charge in [-0.05, 0) is 32.3 Å². The SMILES string of the molecule is CC1CC(C)OC(CCc2ccccc2)O1. The van der Waals surface area contributed by atoms with Gasteiger partial charge in [-0.3, -0.25) is 0 Å². The Morgan fingerprint density at radius 1 is 1.06 bits per heavy atom. The van der Waals surface area contributed by atoms with Crippen LogP contribution in [-0.4, -0.2) is 18.5 Å². The van der Waals surface area contributed by atoms with E-state index in [2.05, 4.69) is 38.1 Å². The molecule has 1 heterocycles. The second kappa shape index (κ2) is 5.46. The first-order chi connectivity index (χ1) is 7.74. The predicted octanol–water partition coefficient (Wildman–Crippen LogP) is 3.16. The van der Waals surface area contributed by atoms with Gasteiger partial charge in [0.15, 0.2) is 6.29 Å². The largest absolute Gasteiger partial charge is 0.350 e. The minimum absolute atomic E-state index is 0.0287. The van der Waals surface area contributed by atoms with Crippen LogP contribution in [0.15, 0.2) is 30.3 Å². The lowest BCUT2D eigenvalue weighted by Crippen LogP contribution is -2.35. The lowest BCUT2D eigenvalue weighted by molar-refractivity contribution is -0.235. The Balaban J connectivity index is 1.81. The van der Waals surface area contributed by atoms with Crippen molar-refractivity contribution in [3.05, 3.63) is 35.9 Å². The van der Waals surface area contributed by atoms with Gasteiger partial charge in [-0.2, -0.15) is 0 Å². The summed E-state index contributed by atoms with van der Waals surface area (Å²) in [6.45, 7) is 4.24. The molecule has 0 aliphatic carbocycles. The number of rotatable bonds is 3. The Bertz CT molecular complexity index is 300. The molecule has 1 aromatic carbocycles. The lowest BCUT2D eigenvalue weighted by atomic mass is 10.1. The van der Waals surface area contributed by atoms with Crippen LogP contribution in [0.4, 0.5) is 0 Å². The third-order valence-electron chi connectivity index (χ3n) is 2.94. The van der Waals surface area contributed by atoms with E-state index in [1.165, 1.54) is 5.56 Å². The van der Waals surface area contributed by atoms with Crippen LogP contribution in [-0.2, 0) is 15.9 Å². The van der Waals surface area contributed by atoms with E-state index < -0.39 is 0 Å². The fraction of sp³-hybridized carbons (Fsp3) is 0.571. The predicted molar refractivity (Wildman–Crippen MR) is 64.3 cm³/mol. The molecular weight excluding hydrogens is 200 g/mol. The highest BCUT2D eigenvalue weighted by molar-refractivity contribution is 5.14. The van der Waals surface area contributed by atoms with Gasteiger partial charge in [0.25, 0.3) is 0 Å². The normalized spacial score (nSPS) is 30.2. The number of ether oxygens (including phenoxy) is 2. The fourth-order valence-corrected chi connectivity index (χ4v) is 2.19. The Morgan fingerprint density at radius 2 is 1.69 bits per heavy atom. The van der Waals surface area contributed by atoms with Crippen molar-refractivity contribution in [2.24, 2.45) is 0 Å². The van der Waals surface area contributed by atoms with Crippen LogP contribution >= 0.6 is 0 Å². The molecule has 2 atom stereocenters. The maximum absolute atomic E-state index is 5.76. The maximum Gasteiger partial charge on any atom is 0.158 e. The van der Waals surface area contributed by atoms with Crippen molar-refractivity contribution in [2.45, 2.75) is 51.6 Å².